The van der Waals surface area contributed by atoms with E-state index in [1.54, 1.807) is 0 Å². The SMILES string of the molecule is Cc1cc(N(C)[C@@H](C)CC#N)n2c(nc3ccccc32)c1C#N. The van der Waals surface area contributed by atoms with Gasteiger partial charge in [0.2, 0.25) is 0 Å². The quantitative estimate of drug-likeness (QED) is 0.743. The molecule has 2 aromatic heterocycles. The molecule has 23 heavy (non-hydrogen) atoms. The minimum absolute atomic E-state index is 0.0664. The van der Waals surface area contributed by atoms with E-state index < -0.39 is 0 Å². The lowest BCUT2D eigenvalue weighted by atomic mass is 10.1. The van der Waals surface area contributed by atoms with Crippen LogP contribution in [-0.2, 0) is 0 Å². The first kappa shape index (κ1) is 14.9. The molecule has 1 atom stereocenters. The van der Waals surface area contributed by atoms with Crippen molar-refractivity contribution in [2.24, 2.45) is 0 Å². The molecule has 0 spiro atoms. The Morgan fingerprint density at radius 3 is 2.74 bits per heavy atom. The van der Waals surface area contributed by atoms with E-state index in [0.29, 0.717) is 17.6 Å². The van der Waals surface area contributed by atoms with Crippen molar-refractivity contribution in [3.63, 3.8) is 0 Å². The maximum atomic E-state index is 9.50. The van der Waals surface area contributed by atoms with Crippen LogP contribution in [0.15, 0.2) is 30.3 Å². The summed E-state index contributed by atoms with van der Waals surface area (Å²) in [6, 6.07) is 14.4. The van der Waals surface area contributed by atoms with E-state index in [4.69, 9.17) is 5.26 Å². The molecule has 0 aliphatic carbocycles. The molecule has 0 saturated carbocycles. The van der Waals surface area contributed by atoms with Crippen molar-refractivity contribution in [2.45, 2.75) is 26.3 Å². The lowest BCUT2D eigenvalue weighted by Gasteiger charge is -2.27. The second-order valence-corrected chi connectivity index (χ2v) is 5.75. The van der Waals surface area contributed by atoms with E-state index in [0.717, 1.165) is 22.4 Å². The summed E-state index contributed by atoms with van der Waals surface area (Å²) < 4.78 is 2.01. The van der Waals surface area contributed by atoms with Crippen LogP contribution in [-0.4, -0.2) is 22.5 Å². The number of nitriles is 2. The van der Waals surface area contributed by atoms with E-state index in [-0.39, 0.29) is 6.04 Å². The van der Waals surface area contributed by atoms with Crippen LogP contribution in [0, 0.1) is 29.6 Å². The molecule has 0 unspecified atom stereocenters. The molecule has 5 nitrogen and oxygen atoms in total. The van der Waals surface area contributed by atoms with Crippen LogP contribution in [0.4, 0.5) is 5.82 Å². The standard InChI is InChI=1S/C18H17N5/c1-12-10-17(22(3)13(2)8-9-19)23-16-7-5-4-6-15(16)21-18(23)14(12)11-20/h4-7,10,13H,8H2,1-3H3/t13-/m0/s1. The van der Waals surface area contributed by atoms with Crippen LogP contribution in [0.3, 0.4) is 0 Å². The lowest BCUT2D eigenvalue weighted by Crippen LogP contribution is -2.30. The third kappa shape index (κ3) is 2.27. The Bertz CT molecular complexity index is 971. The summed E-state index contributed by atoms with van der Waals surface area (Å²) in [5.74, 6) is 0.938. The Labute approximate surface area is 135 Å². The number of hydrogen-bond acceptors (Lipinski definition) is 4. The number of aryl methyl sites for hydroxylation is 1. The van der Waals surface area contributed by atoms with Crippen molar-refractivity contribution >= 4 is 22.5 Å². The number of fused-ring (bicyclic) bond motifs is 3. The van der Waals surface area contributed by atoms with E-state index in [1.807, 2.05) is 55.6 Å². The number of pyridine rings is 1. The molecule has 1 aromatic carbocycles. The largest absolute Gasteiger partial charge is 0.357 e. The minimum atomic E-state index is 0.0664. The van der Waals surface area contributed by atoms with Crippen molar-refractivity contribution in [1.82, 2.24) is 9.38 Å². The van der Waals surface area contributed by atoms with Gasteiger partial charge in [0.1, 0.15) is 11.9 Å². The van der Waals surface area contributed by atoms with Gasteiger partial charge >= 0.3 is 0 Å². The number of imidazole rings is 1. The molecule has 3 aromatic rings. The maximum absolute atomic E-state index is 9.50. The summed E-state index contributed by atoms with van der Waals surface area (Å²) in [4.78, 5) is 6.71. The highest BCUT2D eigenvalue weighted by Gasteiger charge is 2.19. The molecule has 3 rings (SSSR count). The number of anilines is 1. The molecule has 2 heterocycles. The van der Waals surface area contributed by atoms with Gasteiger partial charge in [-0.25, -0.2) is 4.98 Å². The Kier molecular flexibility index (Phi) is 3.64. The summed E-state index contributed by atoms with van der Waals surface area (Å²) in [6.45, 7) is 3.94. The van der Waals surface area contributed by atoms with Gasteiger partial charge in [0.15, 0.2) is 5.65 Å². The zero-order valence-electron chi connectivity index (χ0n) is 13.4. The monoisotopic (exact) mass is 303 g/mol. The molecule has 114 valence electrons. The fourth-order valence-electron chi connectivity index (χ4n) is 2.82. The fourth-order valence-corrected chi connectivity index (χ4v) is 2.82. The van der Waals surface area contributed by atoms with E-state index in [2.05, 4.69) is 22.0 Å². The Hall–Kier alpha value is -3.05. The van der Waals surface area contributed by atoms with Gasteiger partial charge in [0.05, 0.1) is 29.1 Å². The van der Waals surface area contributed by atoms with Crippen molar-refractivity contribution in [1.29, 1.82) is 10.5 Å². The average Bonchev–Trinajstić information content (AvgIpc) is 2.92. The highest BCUT2D eigenvalue weighted by molar-refractivity contribution is 5.85. The molecule has 0 saturated heterocycles. The van der Waals surface area contributed by atoms with Gasteiger partial charge in [-0.1, -0.05) is 12.1 Å². The average molecular weight is 303 g/mol. The third-order valence-electron chi connectivity index (χ3n) is 4.27. The van der Waals surface area contributed by atoms with Gasteiger partial charge < -0.3 is 4.90 Å². The summed E-state index contributed by atoms with van der Waals surface area (Å²) in [6.07, 6.45) is 0.434. The number of hydrogen-bond donors (Lipinski definition) is 0. The Balaban J connectivity index is 2.38. The number of rotatable bonds is 3. The highest BCUT2D eigenvalue weighted by atomic mass is 15.2. The number of benzene rings is 1. The first-order valence-corrected chi connectivity index (χ1v) is 7.49. The molecular formula is C18H17N5. The van der Waals surface area contributed by atoms with E-state index >= 15 is 0 Å². The van der Waals surface area contributed by atoms with Crippen LogP contribution in [0.5, 0.6) is 0 Å². The van der Waals surface area contributed by atoms with Gasteiger partial charge in [-0.3, -0.25) is 4.40 Å². The molecule has 0 N–H and O–H groups in total. The smallest absolute Gasteiger partial charge is 0.157 e. The van der Waals surface area contributed by atoms with Gasteiger partial charge in [0.25, 0.3) is 0 Å². The second-order valence-electron chi connectivity index (χ2n) is 5.75. The van der Waals surface area contributed by atoms with Crippen molar-refractivity contribution in [3.05, 3.63) is 41.5 Å². The zero-order chi connectivity index (χ0) is 16.6. The molecule has 5 heteroatoms. The van der Waals surface area contributed by atoms with Crippen LogP contribution >= 0.6 is 0 Å². The lowest BCUT2D eigenvalue weighted by molar-refractivity contribution is 0.691. The van der Waals surface area contributed by atoms with Crippen LogP contribution in [0.25, 0.3) is 16.7 Å². The zero-order valence-corrected chi connectivity index (χ0v) is 13.4. The van der Waals surface area contributed by atoms with Crippen molar-refractivity contribution < 1.29 is 0 Å². The Morgan fingerprint density at radius 2 is 2.04 bits per heavy atom. The number of aromatic nitrogens is 2. The van der Waals surface area contributed by atoms with Crippen LogP contribution in [0.2, 0.25) is 0 Å². The van der Waals surface area contributed by atoms with Crippen molar-refractivity contribution in [2.75, 3.05) is 11.9 Å². The molecule has 0 radical (unpaired) electrons. The van der Waals surface area contributed by atoms with Crippen LogP contribution < -0.4 is 4.90 Å². The summed E-state index contributed by atoms with van der Waals surface area (Å²) >= 11 is 0. The predicted molar refractivity (Wildman–Crippen MR) is 90.2 cm³/mol. The summed E-state index contributed by atoms with van der Waals surface area (Å²) in [5, 5.41) is 18.5. The molecular weight excluding hydrogens is 286 g/mol. The summed E-state index contributed by atoms with van der Waals surface area (Å²) in [7, 11) is 1.97. The summed E-state index contributed by atoms with van der Waals surface area (Å²) in [5.41, 5.74) is 3.97. The van der Waals surface area contributed by atoms with Gasteiger partial charge in [0, 0.05) is 13.1 Å². The topological polar surface area (TPSA) is 68.1 Å². The van der Waals surface area contributed by atoms with Crippen LogP contribution in [0.1, 0.15) is 24.5 Å². The third-order valence-corrected chi connectivity index (χ3v) is 4.27. The predicted octanol–water partition coefficient (Wildman–Crippen LogP) is 3.41. The second kappa shape index (κ2) is 5.62. The maximum Gasteiger partial charge on any atom is 0.157 e. The minimum Gasteiger partial charge on any atom is -0.357 e. The van der Waals surface area contributed by atoms with E-state index in [9.17, 15) is 5.26 Å². The normalized spacial score (nSPS) is 12.0. The van der Waals surface area contributed by atoms with Gasteiger partial charge in [-0.05, 0) is 37.6 Å². The molecule has 0 fully saturated rings. The first-order chi connectivity index (χ1) is 11.1. The van der Waals surface area contributed by atoms with Gasteiger partial charge in [-0.15, -0.1) is 0 Å². The number of nitrogens with zero attached hydrogens (tertiary/aromatic N) is 5. The van der Waals surface area contributed by atoms with Gasteiger partial charge in [-0.2, -0.15) is 10.5 Å². The number of para-hydroxylation sites is 2. The molecule has 0 bridgehead atoms. The van der Waals surface area contributed by atoms with E-state index in [1.165, 1.54) is 0 Å². The first-order valence-electron chi connectivity index (χ1n) is 7.49. The molecule has 0 aliphatic heterocycles. The Morgan fingerprint density at radius 1 is 1.30 bits per heavy atom. The highest BCUT2D eigenvalue weighted by Crippen LogP contribution is 2.29. The van der Waals surface area contributed by atoms with Crippen molar-refractivity contribution in [3.8, 4) is 12.1 Å². The molecule has 0 amide bonds. The molecule has 0 aliphatic rings. The fraction of sp³-hybridized carbons (Fsp3) is 0.278.